The van der Waals surface area contributed by atoms with Crippen molar-refractivity contribution in [2.75, 3.05) is 78.7 Å². The van der Waals surface area contributed by atoms with Crippen LogP contribution < -0.4 is 18.9 Å². The van der Waals surface area contributed by atoms with Gasteiger partial charge in [0, 0.05) is 90.4 Å². The highest BCUT2D eigenvalue weighted by Gasteiger charge is 2.32. The van der Waals surface area contributed by atoms with Gasteiger partial charge in [0.1, 0.15) is 36.3 Å². The molecule has 4 aromatic carbocycles. The Morgan fingerprint density at radius 2 is 0.877 bits per heavy atom. The highest BCUT2D eigenvalue weighted by Crippen LogP contribution is 2.25. The Kier molecular flexibility index (Phi) is 18.5. The molecule has 2 aliphatic heterocycles. The van der Waals surface area contributed by atoms with Crippen molar-refractivity contribution in [1.29, 1.82) is 0 Å². The Labute approximate surface area is 369 Å². The first-order valence-electron chi connectivity index (χ1n) is 20.7. The quantitative estimate of drug-likeness (QED) is 0.0978. The molecule has 4 aromatic rings. The molecule has 20 heteroatoms. The summed E-state index contributed by atoms with van der Waals surface area (Å²) in [6.07, 6.45) is -7.25. The molecule has 6 rings (SSSR count). The lowest BCUT2D eigenvalue weighted by molar-refractivity contribution is -0.275. The van der Waals surface area contributed by atoms with E-state index in [0.717, 1.165) is 35.4 Å². The zero-order chi connectivity index (χ0) is 47.0. The van der Waals surface area contributed by atoms with Gasteiger partial charge in [0.05, 0.1) is 0 Å². The number of benzene rings is 4. The number of aryl methyl sites for hydroxylation is 2. The van der Waals surface area contributed by atoms with Crippen LogP contribution in [-0.4, -0.2) is 123 Å². The van der Waals surface area contributed by atoms with E-state index in [0.29, 0.717) is 91.1 Å². The van der Waals surface area contributed by atoms with Crippen LogP contribution in [0.15, 0.2) is 84.9 Å². The number of ether oxygens (including phenoxy) is 4. The van der Waals surface area contributed by atoms with E-state index in [1.165, 1.54) is 48.5 Å². The Bertz CT molecular complexity index is 2110. The normalized spacial score (nSPS) is 14.9. The summed E-state index contributed by atoms with van der Waals surface area (Å²) in [6.45, 7) is 6.47. The maximum Gasteiger partial charge on any atom is 0.573 e. The van der Waals surface area contributed by atoms with Crippen molar-refractivity contribution < 1.29 is 72.4 Å². The third kappa shape index (κ3) is 18.0. The van der Waals surface area contributed by atoms with E-state index in [-0.39, 0.29) is 54.4 Å². The highest BCUT2D eigenvalue weighted by molar-refractivity contribution is 5.77. The van der Waals surface area contributed by atoms with Crippen molar-refractivity contribution in [1.82, 2.24) is 19.6 Å². The van der Waals surface area contributed by atoms with Crippen molar-refractivity contribution in [2.45, 2.75) is 44.8 Å². The molecular formula is C45H48F10N4O6. The lowest BCUT2D eigenvalue weighted by atomic mass is 10.1. The zero-order valence-electron chi connectivity index (χ0n) is 35.1. The van der Waals surface area contributed by atoms with Crippen LogP contribution in [0.3, 0.4) is 0 Å². The number of hydrogen-bond acceptors (Lipinski definition) is 8. The number of piperazine rings is 2. The Hall–Kier alpha value is -5.76. The lowest BCUT2D eigenvalue weighted by Gasteiger charge is -2.34. The molecule has 0 radical (unpaired) electrons. The SMILES string of the molecule is O=C(CCCc1ccc(OC(F)(F)F)cc1)N1CCN(CCOc2ccc(F)cc2F)CC1.O=C(CCc1ccc(OC(F)(F)F)cc1)N1CCN(CCOc2ccc(F)cc2F)CC1. The minimum atomic E-state index is -4.73. The van der Waals surface area contributed by atoms with Crippen LogP contribution in [0.25, 0.3) is 0 Å². The van der Waals surface area contributed by atoms with Gasteiger partial charge in [-0.15, -0.1) is 26.3 Å². The van der Waals surface area contributed by atoms with Crippen molar-refractivity contribution in [3.63, 3.8) is 0 Å². The summed E-state index contributed by atoms with van der Waals surface area (Å²) in [5.41, 5.74) is 1.58. The smallest absolute Gasteiger partial charge is 0.489 e. The highest BCUT2D eigenvalue weighted by atomic mass is 19.4. The number of halogens is 10. The molecule has 0 atom stereocenters. The second-order valence-electron chi connectivity index (χ2n) is 15.0. The van der Waals surface area contributed by atoms with Crippen molar-refractivity contribution in [2.24, 2.45) is 0 Å². The van der Waals surface area contributed by atoms with E-state index in [1.807, 2.05) is 0 Å². The van der Waals surface area contributed by atoms with Crippen molar-refractivity contribution in [3.05, 3.63) is 119 Å². The fraction of sp³-hybridized carbons (Fsp3) is 0.422. The van der Waals surface area contributed by atoms with E-state index in [1.54, 1.807) is 21.9 Å². The first kappa shape index (κ1) is 50.2. The number of alkyl halides is 6. The van der Waals surface area contributed by atoms with Gasteiger partial charge in [0.2, 0.25) is 11.8 Å². The van der Waals surface area contributed by atoms with Crippen LogP contribution in [0.5, 0.6) is 23.0 Å². The molecule has 2 saturated heterocycles. The van der Waals surface area contributed by atoms with Gasteiger partial charge in [-0.2, -0.15) is 0 Å². The van der Waals surface area contributed by atoms with Gasteiger partial charge in [-0.1, -0.05) is 24.3 Å². The molecule has 354 valence electrons. The predicted molar refractivity (Wildman–Crippen MR) is 217 cm³/mol. The molecule has 0 unspecified atom stereocenters. The summed E-state index contributed by atoms with van der Waals surface area (Å²) >= 11 is 0. The molecule has 0 aromatic heterocycles. The number of amides is 2. The molecule has 0 bridgehead atoms. The summed E-state index contributed by atoms with van der Waals surface area (Å²) in [6, 6.07) is 17.4. The van der Waals surface area contributed by atoms with Crippen LogP contribution >= 0.6 is 0 Å². The largest absolute Gasteiger partial charge is 0.573 e. The zero-order valence-corrected chi connectivity index (χ0v) is 35.1. The van der Waals surface area contributed by atoms with E-state index in [9.17, 15) is 53.5 Å². The Morgan fingerprint density at radius 1 is 0.492 bits per heavy atom. The maximum atomic E-state index is 13.6. The van der Waals surface area contributed by atoms with Crippen LogP contribution in [0.2, 0.25) is 0 Å². The molecule has 2 fully saturated rings. The molecule has 2 amide bonds. The summed E-state index contributed by atoms with van der Waals surface area (Å²) in [5.74, 6) is -3.36. The fourth-order valence-corrected chi connectivity index (χ4v) is 6.92. The van der Waals surface area contributed by atoms with Gasteiger partial charge in [-0.25, -0.2) is 17.6 Å². The van der Waals surface area contributed by atoms with Gasteiger partial charge in [0.15, 0.2) is 23.1 Å². The average Bonchev–Trinajstić information content (AvgIpc) is 3.25. The number of rotatable bonds is 17. The monoisotopic (exact) mass is 930 g/mol. The summed E-state index contributed by atoms with van der Waals surface area (Å²) in [5, 5.41) is 0. The molecule has 0 aliphatic carbocycles. The van der Waals surface area contributed by atoms with Gasteiger partial charge < -0.3 is 28.7 Å². The summed E-state index contributed by atoms with van der Waals surface area (Å²) < 4.78 is 145. The van der Waals surface area contributed by atoms with Gasteiger partial charge in [-0.05, 0) is 78.9 Å². The minimum absolute atomic E-state index is 0.00165. The van der Waals surface area contributed by atoms with Crippen LogP contribution in [-0.2, 0) is 22.4 Å². The van der Waals surface area contributed by atoms with Gasteiger partial charge in [0.25, 0.3) is 0 Å². The topological polar surface area (TPSA) is 84.0 Å². The summed E-state index contributed by atoms with van der Waals surface area (Å²) in [4.78, 5) is 32.6. The second-order valence-corrected chi connectivity index (χ2v) is 15.0. The van der Waals surface area contributed by atoms with Crippen LogP contribution in [0.4, 0.5) is 43.9 Å². The molecule has 2 aliphatic rings. The fourth-order valence-electron chi connectivity index (χ4n) is 6.92. The lowest BCUT2D eigenvalue weighted by Crippen LogP contribution is -2.49. The molecule has 10 nitrogen and oxygen atoms in total. The molecule has 0 N–H and O–H groups in total. The number of nitrogens with zero attached hydrogens (tertiary/aromatic N) is 4. The molecule has 0 saturated carbocycles. The summed E-state index contributed by atoms with van der Waals surface area (Å²) in [7, 11) is 0. The van der Waals surface area contributed by atoms with Gasteiger partial charge >= 0.3 is 12.7 Å². The third-order valence-corrected chi connectivity index (χ3v) is 10.4. The van der Waals surface area contributed by atoms with E-state index in [2.05, 4.69) is 19.3 Å². The first-order valence-corrected chi connectivity index (χ1v) is 20.7. The molecule has 65 heavy (non-hydrogen) atoms. The first-order chi connectivity index (χ1) is 30.9. The standard InChI is InChI=1S/C23H25F5N2O3.C22H23F5N2O3/c24-18-6-9-21(20(25)16-18)32-15-14-29-10-12-30(13-11-29)22(31)3-1-2-17-4-7-19(8-5-17)33-23(26,27)28;23-17-4-7-20(19(24)15-17)31-14-13-28-9-11-29(12-10-28)21(30)8-3-16-1-5-18(6-2-16)32-22(25,26)27/h4-9,16H,1-3,10-15H2;1-2,4-7,15H,3,8-14H2. The maximum absolute atomic E-state index is 13.6. The van der Waals surface area contributed by atoms with Crippen LogP contribution in [0, 0.1) is 23.3 Å². The third-order valence-electron chi connectivity index (χ3n) is 10.4. The van der Waals surface area contributed by atoms with E-state index in [4.69, 9.17) is 9.47 Å². The Morgan fingerprint density at radius 3 is 1.26 bits per heavy atom. The molecule has 0 spiro atoms. The molecular weight excluding hydrogens is 882 g/mol. The minimum Gasteiger partial charge on any atom is -0.489 e. The van der Waals surface area contributed by atoms with E-state index < -0.39 is 36.0 Å². The second kappa shape index (κ2) is 24.0. The van der Waals surface area contributed by atoms with Crippen molar-refractivity contribution in [3.8, 4) is 23.0 Å². The Balaban J connectivity index is 0.000000244. The van der Waals surface area contributed by atoms with Gasteiger partial charge in [-0.3, -0.25) is 19.4 Å². The number of hydrogen-bond donors (Lipinski definition) is 0. The number of carbonyl (C=O) groups is 2. The van der Waals surface area contributed by atoms with Crippen molar-refractivity contribution >= 4 is 11.8 Å². The van der Waals surface area contributed by atoms with E-state index >= 15 is 0 Å². The average molecular weight is 931 g/mol. The molecule has 2 heterocycles. The van der Waals surface area contributed by atoms with Crippen LogP contribution in [0.1, 0.15) is 30.4 Å². The number of carbonyl (C=O) groups excluding carboxylic acids is 2. The predicted octanol–water partition coefficient (Wildman–Crippen LogP) is 8.43.